The molecule has 0 radical (unpaired) electrons. The molecule has 15 heavy (non-hydrogen) atoms. The molecule has 1 rings (SSSR count). The third-order valence-electron chi connectivity index (χ3n) is 2.07. The van der Waals surface area contributed by atoms with Gasteiger partial charge in [-0.25, -0.2) is 8.78 Å². The highest BCUT2D eigenvalue weighted by Crippen LogP contribution is 2.13. The van der Waals surface area contributed by atoms with Crippen molar-refractivity contribution in [2.24, 2.45) is 0 Å². The molecule has 0 aliphatic carbocycles. The summed E-state index contributed by atoms with van der Waals surface area (Å²) in [6.45, 7) is 1.99. The quantitative estimate of drug-likeness (QED) is 0.569. The minimum absolute atomic E-state index is 0.671. The van der Waals surface area contributed by atoms with E-state index in [0.717, 1.165) is 17.3 Å². The van der Waals surface area contributed by atoms with Gasteiger partial charge in [-0.05, 0) is 37.5 Å². The SMILES string of the molecule is C/C(=C/CCBr)Cc1ccc(F)c(F)c1. The number of hydrogen-bond donors (Lipinski definition) is 0. The molecule has 0 spiro atoms. The predicted molar refractivity (Wildman–Crippen MR) is 62.2 cm³/mol. The average molecular weight is 275 g/mol. The fraction of sp³-hybridized carbons (Fsp3) is 0.333. The van der Waals surface area contributed by atoms with Crippen LogP contribution >= 0.6 is 15.9 Å². The largest absolute Gasteiger partial charge is 0.204 e. The summed E-state index contributed by atoms with van der Waals surface area (Å²) in [5.74, 6) is -1.57. The summed E-state index contributed by atoms with van der Waals surface area (Å²) >= 11 is 3.33. The van der Waals surface area contributed by atoms with E-state index in [2.05, 4.69) is 22.0 Å². The maximum atomic E-state index is 12.9. The standard InChI is InChI=1S/C12H13BrF2/c1-9(3-2-6-13)7-10-4-5-11(14)12(15)8-10/h3-5,8H,2,6-7H2,1H3/b9-3-. The number of halogens is 3. The zero-order valence-corrected chi connectivity index (χ0v) is 10.2. The molecule has 0 aliphatic heterocycles. The van der Waals surface area contributed by atoms with Crippen LogP contribution in [0.3, 0.4) is 0 Å². The Kier molecular flexibility index (Phi) is 4.95. The molecule has 0 fully saturated rings. The molecule has 0 aromatic heterocycles. The lowest BCUT2D eigenvalue weighted by Crippen LogP contribution is -1.91. The summed E-state index contributed by atoms with van der Waals surface area (Å²) in [5, 5.41) is 0.919. The Balaban J connectivity index is 2.68. The van der Waals surface area contributed by atoms with Gasteiger partial charge in [0.05, 0.1) is 0 Å². The topological polar surface area (TPSA) is 0 Å². The summed E-state index contributed by atoms with van der Waals surface area (Å²) in [7, 11) is 0. The molecule has 0 amide bonds. The number of benzene rings is 1. The first kappa shape index (κ1) is 12.4. The summed E-state index contributed by atoms with van der Waals surface area (Å²) in [6.07, 6.45) is 3.72. The molecule has 0 bridgehead atoms. The van der Waals surface area contributed by atoms with Crippen molar-refractivity contribution >= 4 is 15.9 Å². The lowest BCUT2D eigenvalue weighted by Gasteiger charge is -2.02. The Morgan fingerprint density at radius 3 is 2.67 bits per heavy atom. The van der Waals surface area contributed by atoms with E-state index >= 15 is 0 Å². The van der Waals surface area contributed by atoms with Crippen LogP contribution in [-0.4, -0.2) is 5.33 Å². The monoisotopic (exact) mass is 274 g/mol. The first-order chi connectivity index (χ1) is 7.13. The number of allylic oxidation sites excluding steroid dienone is 2. The molecule has 0 heterocycles. The van der Waals surface area contributed by atoms with Gasteiger partial charge in [0.25, 0.3) is 0 Å². The molecule has 0 atom stereocenters. The van der Waals surface area contributed by atoms with Crippen LogP contribution in [0.2, 0.25) is 0 Å². The number of rotatable bonds is 4. The van der Waals surface area contributed by atoms with E-state index in [1.54, 1.807) is 6.07 Å². The van der Waals surface area contributed by atoms with Gasteiger partial charge in [-0.15, -0.1) is 0 Å². The highest BCUT2D eigenvalue weighted by Gasteiger charge is 2.02. The summed E-state index contributed by atoms with van der Waals surface area (Å²) in [6, 6.07) is 4.03. The van der Waals surface area contributed by atoms with E-state index in [-0.39, 0.29) is 0 Å². The predicted octanol–water partition coefficient (Wildman–Crippen LogP) is 4.24. The lowest BCUT2D eigenvalue weighted by atomic mass is 10.1. The zero-order chi connectivity index (χ0) is 11.3. The van der Waals surface area contributed by atoms with E-state index in [4.69, 9.17) is 0 Å². The third kappa shape index (κ3) is 4.12. The van der Waals surface area contributed by atoms with Gasteiger partial charge >= 0.3 is 0 Å². The van der Waals surface area contributed by atoms with E-state index < -0.39 is 11.6 Å². The van der Waals surface area contributed by atoms with Crippen molar-refractivity contribution in [1.29, 1.82) is 0 Å². The van der Waals surface area contributed by atoms with E-state index in [0.29, 0.717) is 6.42 Å². The highest BCUT2D eigenvalue weighted by atomic mass is 79.9. The van der Waals surface area contributed by atoms with Crippen molar-refractivity contribution in [2.45, 2.75) is 19.8 Å². The maximum Gasteiger partial charge on any atom is 0.159 e. The fourth-order valence-corrected chi connectivity index (χ4v) is 1.57. The molecular formula is C12H13BrF2. The Bertz CT molecular complexity index is 359. The molecule has 1 aromatic carbocycles. The van der Waals surface area contributed by atoms with Crippen LogP contribution in [0.4, 0.5) is 8.78 Å². The molecular weight excluding hydrogens is 262 g/mol. The average Bonchev–Trinajstić information content (AvgIpc) is 2.20. The van der Waals surface area contributed by atoms with Gasteiger partial charge in [-0.3, -0.25) is 0 Å². The second kappa shape index (κ2) is 6.01. The number of alkyl halides is 1. The second-order valence-electron chi connectivity index (χ2n) is 3.45. The van der Waals surface area contributed by atoms with Crippen molar-refractivity contribution in [2.75, 3.05) is 5.33 Å². The van der Waals surface area contributed by atoms with Crippen LogP contribution in [-0.2, 0) is 6.42 Å². The highest BCUT2D eigenvalue weighted by molar-refractivity contribution is 9.09. The van der Waals surface area contributed by atoms with Crippen LogP contribution in [0.1, 0.15) is 18.9 Å². The van der Waals surface area contributed by atoms with E-state index in [1.165, 1.54) is 17.7 Å². The molecule has 0 aliphatic rings. The molecule has 0 N–H and O–H groups in total. The lowest BCUT2D eigenvalue weighted by molar-refractivity contribution is 0.507. The van der Waals surface area contributed by atoms with Crippen LogP contribution in [0.15, 0.2) is 29.8 Å². The van der Waals surface area contributed by atoms with Crippen molar-refractivity contribution in [3.8, 4) is 0 Å². The van der Waals surface area contributed by atoms with E-state index in [9.17, 15) is 8.78 Å². The summed E-state index contributed by atoms with van der Waals surface area (Å²) < 4.78 is 25.5. The first-order valence-corrected chi connectivity index (χ1v) is 5.91. The Hall–Kier alpha value is -0.700. The molecule has 0 nitrogen and oxygen atoms in total. The van der Waals surface area contributed by atoms with Crippen molar-refractivity contribution in [3.63, 3.8) is 0 Å². The normalized spacial score (nSPS) is 11.9. The van der Waals surface area contributed by atoms with Gasteiger partial charge in [-0.1, -0.05) is 33.6 Å². The minimum atomic E-state index is -0.791. The van der Waals surface area contributed by atoms with Gasteiger partial charge in [0.15, 0.2) is 11.6 Å². The second-order valence-corrected chi connectivity index (χ2v) is 4.25. The summed E-state index contributed by atoms with van der Waals surface area (Å²) in [5.41, 5.74) is 1.97. The smallest absolute Gasteiger partial charge is 0.159 e. The Morgan fingerprint density at radius 2 is 2.07 bits per heavy atom. The number of hydrogen-bond acceptors (Lipinski definition) is 0. The van der Waals surface area contributed by atoms with Gasteiger partial charge in [0.1, 0.15) is 0 Å². The third-order valence-corrected chi connectivity index (χ3v) is 2.53. The van der Waals surface area contributed by atoms with Gasteiger partial charge in [0, 0.05) is 5.33 Å². The van der Waals surface area contributed by atoms with Crippen LogP contribution in [0.25, 0.3) is 0 Å². The molecule has 0 unspecified atom stereocenters. The Labute approximate surface area is 97.1 Å². The molecule has 3 heteroatoms. The van der Waals surface area contributed by atoms with Crippen LogP contribution in [0.5, 0.6) is 0 Å². The van der Waals surface area contributed by atoms with Crippen LogP contribution < -0.4 is 0 Å². The Morgan fingerprint density at radius 1 is 1.33 bits per heavy atom. The molecule has 1 aromatic rings. The van der Waals surface area contributed by atoms with Crippen LogP contribution in [0, 0.1) is 11.6 Å². The van der Waals surface area contributed by atoms with Gasteiger partial charge in [0.2, 0.25) is 0 Å². The van der Waals surface area contributed by atoms with Crippen molar-refractivity contribution in [3.05, 3.63) is 47.0 Å². The van der Waals surface area contributed by atoms with Gasteiger partial charge < -0.3 is 0 Å². The maximum absolute atomic E-state index is 12.9. The summed E-state index contributed by atoms with van der Waals surface area (Å²) in [4.78, 5) is 0. The fourth-order valence-electron chi connectivity index (χ4n) is 1.34. The zero-order valence-electron chi connectivity index (χ0n) is 8.56. The first-order valence-electron chi connectivity index (χ1n) is 4.79. The minimum Gasteiger partial charge on any atom is -0.204 e. The van der Waals surface area contributed by atoms with Crippen molar-refractivity contribution < 1.29 is 8.78 Å². The molecule has 0 saturated carbocycles. The molecule has 82 valence electrons. The van der Waals surface area contributed by atoms with E-state index in [1.807, 2.05) is 6.92 Å². The molecule has 0 saturated heterocycles. The van der Waals surface area contributed by atoms with Gasteiger partial charge in [-0.2, -0.15) is 0 Å². The van der Waals surface area contributed by atoms with Crippen molar-refractivity contribution in [1.82, 2.24) is 0 Å².